The van der Waals surface area contributed by atoms with E-state index >= 15 is 0 Å². The summed E-state index contributed by atoms with van der Waals surface area (Å²) in [6.07, 6.45) is 1.72. The number of thioether (sulfide) groups is 1. The Morgan fingerprint density at radius 2 is 1.84 bits per heavy atom. The summed E-state index contributed by atoms with van der Waals surface area (Å²) in [6.45, 7) is 7.81. The number of benzene rings is 2. The standard InChI is InChI=1S/C24H25N3O4S/c1-14(2)25-22(28)16(4)32-24-26-19(11-17-7-10-20-21(12-17)31-13-30-20)23(29)27(24)18-8-5-15(3)6-9-18/h5-12,14,16H,13H2,1-4H3,(H,25,28)/b19-11-. The Kier molecular flexibility index (Phi) is 6.23. The lowest BCUT2D eigenvalue weighted by Crippen LogP contribution is -2.38. The van der Waals surface area contributed by atoms with Gasteiger partial charge in [-0.25, -0.2) is 4.99 Å². The van der Waals surface area contributed by atoms with Crippen molar-refractivity contribution in [3.63, 3.8) is 0 Å². The van der Waals surface area contributed by atoms with Crippen LogP contribution in [0, 0.1) is 6.92 Å². The molecule has 1 N–H and O–H groups in total. The molecule has 2 aliphatic rings. The summed E-state index contributed by atoms with van der Waals surface area (Å²) in [5, 5.41) is 2.96. The number of rotatable bonds is 5. The number of aliphatic imine (C=N–C) groups is 1. The van der Waals surface area contributed by atoms with Gasteiger partial charge in [-0.2, -0.15) is 0 Å². The number of amidine groups is 1. The third kappa shape index (κ3) is 4.65. The number of carbonyl (C=O) groups is 2. The predicted molar refractivity (Wildman–Crippen MR) is 127 cm³/mol. The van der Waals surface area contributed by atoms with Gasteiger partial charge < -0.3 is 14.8 Å². The van der Waals surface area contributed by atoms with E-state index in [0.29, 0.717) is 28.1 Å². The molecule has 2 amide bonds. The van der Waals surface area contributed by atoms with Gasteiger partial charge in [0.1, 0.15) is 5.70 Å². The van der Waals surface area contributed by atoms with Gasteiger partial charge in [-0.3, -0.25) is 14.5 Å². The highest BCUT2D eigenvalue weighted by atomic mass is 32.2. The molecule has 1 unspecified atom stereocenters. The molecular weight excluding hydrogens is 426 g/mol. The maximum Gasteiger partial charge on any atom is 0.283 e. The Hall–Kier alpha value is -3.26. The van der Waals surface area contributed by atoms with E-state index in [1.807, 2.05) is 70.2 Å². The fraction of sp³-hybridized carbons (Fsp3) is 0.292. The summed E-state index contributed by atoms with van der Waals surface area (Å²) < 4.78 is 10.8. The molecule has 2 heterocycles. The zero-order valence-corrected chi connectivity index (χ0v) is 19.2. The van der Waals surface area contributed by atoms with Crippen LogP contribution in [0.1, 0.15) is 31.9 Å². The van der Waals surface area contributed by atoms with Crippen molar-refractivity contribution in [2.24, 2.45) is 4.99 Å². The van der Waals surface area contributed by atoms with Crippen LogP contribution in [0.3, 0.4) is 0 Å². The van der Waals surface area contributed by atoms with Gasteiger partial charge in [0.05, 0.1) is 10.9 Å². The van der Waals surface area contributed by atoms with Gasteiger partial charge in [-0.15, -0.1) is 0 Å². The number of carbonyl (C=O) groups excluding carboxylic acids is 2. The summed E-state index contributed by atoms with van der Waals surface area (Å²) in [4.78, 5) is 32.0. The van der Waals surface area contributed by atoms with Crippen molar-refractivity contribution >= 4 is 40.5 Å². The minimum Gasteiger partial charge on any atom is -0.454 e. The number of aryl methyl sites for hydroxylation is 1. The van der Waals surface area contributed by atoms with E-state index < -0.39 is 5.25 Å². The fourth-order valence-electron chi connectivity index (χ4n) is 3.27. The molecule has 0 aliphatic carbocycles. The first-order valence-electron chi connectivity index (χ1n) is 10.4. The largest absolute Gasteiger partial charge is 0.454 e. The molecule has 1 atom stereocenters. The van der Waals surface area contributed by atoms with Crippen molar-refractivity contribution < 1.29 is 19.1 Å². The zero-order valence-electron chi connectivity index (χ0n) is 18.4. The van der Waals surface area contributed by atoms with Crippen molar-refractivity contribution in [2.75, 3.05) is 11.7 Å². The molecule has 0 spiro atoms. The van der Waals surface area contributed by atoms with Crippen molar-refractivity contribution in [3.05, 3.63) is 59.3 Å². The van der Waals surface area contributed by atoms with Gasteiger partial charge in [-0.05, 0) is 63.6 Å². The third-order valence-electron chi connectivity index (χ3n) is 4.90. The Morgan fingerprint density at radius 1 is 1.12 bits per heavy atom. The van der Waals surface area contributed by atoms with Crippen molar-refractivity contribution in [2.45, 2.75) is 39.0 Å². The number of anilines is 1. The first-order valence-corrected chi connectivity index (χ1v) is 11.3. The normalized spacial score (nSPS) is 17.2. The van der Waals surface area contributed by atoms with Gasteiger partial charge in [-0.1, -0.05) is 35.5 Å². The first kappa shape index (κ1) is 22.0. The van der Waals surface area contributed by atoms with Crippen LogP contribution in [0.5, 0.6) is 11.5 Å². The number of amides is 2. The predicted octanol–water partition coefficient (Wildman–Crippen LogP) is 4.11. The van der Waals surface area contributed by atoms with E-state index in [2.05, 4.69) is 10.3 Å². The van der Waals surface area contributed by atoms with Crippen molar-refractivity contribution in [3.8, 4) is 11.5 Å². The summed E-state index contributed by atoms with van der Waals surface area (Å²) in [5.41, 5.74) is 2.87. The number of nitrogens with zero attached hydrogens (tertiary/aromatic N) is 2. The third-order valence-corrected chi connectivity index (χ3v) is 5.96. The van der Waals surface area contributed by atoms with E-state index in [4.69, 9.17) is 9.47 Å². The highest BCUT2D eigenvalue weighted by Crippen LogP contribution is 2.35. The van der Waals surface area contributed by atoms with E-state index in [9.17, 15) is 9.59 Å². The second-order valence-electron chi connectivity index (χ2n) is 7.94. The molecule has 2 aromatic carbocycles. The Bertz CT molecular complexity index is 1110. The monoisotopic (exact) mass is 451 g/mol. The Morgan fingerprint density at radius 3 is 2.56 bits per heavy atom. The van der Waals surface area contributed by atoms with Crippen LogP contribution in [0.25, 0.3) is 6.08 Å². The molecule has 166 valence electrons. The molecule has 0 saturated heterocycles. The number of ether oxygens (including phenoxy) is 2. The smallest absolute Gasteiger partial charge is 0.283 e. The van der Waals surface area contributed by atoms with Gasteiger partial charge in [0.2, 0.25) is 12.7 Å². The SMILES string of the molecule is Cc1ccc(N2C(=O)/C(=C/c3ccc4c(c3)OCO4)N=C2SC(C)C(=O)NC(C)C)cc1. The molecule has 32 heavy (non-hydrogen) atoms. The van der Waals surface area contributed by atoms with Crippen LogP contribution < -0.4 is 19.7 Å². The lowest BCUT2D eigenvalue weighted by atomic mass is 10.1. The van der Waals surface area contributed by atoms with Gasteiger partial charge in [0.15, 0.2) is 16.7 Å². The molecule has 0 saturated carbocycles. The Labute approximate surface area is 191 Å². The van der Waals surface area contributed by atoms with Crippen LogP contribution in [-0.4, -0.2) is 35.1 Å². The van der Waals surface area contributed by atoms with Gasteiger partial charge in [0.25, 0.3) is 5.91 Å². The molecule has 2 aliphatic heterocycles. The molecule has 4 rings (SSSR count). The van der Waals surface area contributed by atoms with Crippen molar-refractivity contribution in [1.82, 2.24) is 5.32 Å². The molecule has 0 aromatic heterocycles. The number of hydrogen-bond acceptors (Lipinski definition) is 6. The lowest BCUT2D eigenvalue weighted by molar-refractivity contribution is -0.120. The molecule has 2 aromatic rings. The Balaban J connectivity index is 1.66. The van der Waals surface area contributed by atoms with E-state index in [1.54, 1.807) is 11.0 Å². The van der Waals surface area contributed by atoms with Crippen LogP contribution in [0.4, 0.5) is 5.69 Å². The van der Waals surface area contributed by atoms with Crippen LogP contribution in [0.15, 0.2) is 53.2 Å². The number of hydrogen-bond donors (Lipinski definition) is 1. The molecular formula is C24H25N3O4S. The van der Waals surface area contributed by atoms with Crippen molar-refractivity contribution in [1.29, 1.82) is 0 Å². The van der Waals surface area contributed by atoms with Crippen LogP contribution in [-0.2, 0) is 9.59 Å². The summed E-state index contributed by atoms with van der Waals surface area (Å²) in [5.74, 6) is 0.969. The molecule has 8 heteroatoms. The fourth-order valence-corrected chi connectivity index (χ4v) is 4.21. The second kappa shape index (κ2) is 9.08. The highest BCUT2D eigenvalue weighted by Gasteiger charge is 2.34. The van der Waals surface area contributed by atoms with Crippen LogP contribution >= 0.6 is 11.8 Å². The zero-order chi connectivity index (χ0) is 22.8. The maximum absolute atomic E-state index is 13.3. The molecule has 0 bridgehead atoms. The quantitative estimate of drug-likeness (QED) is 0.692. The number of fused-ring (bicyclic) bond motifs is 1. The molecule has 7 nitrogen and oxygen atoms in total. The average molecular weight is 452 g/mol. The van der Waals surface area contributed by atoms with E-state index in [1.165, 1.54) is 11.8 Å². The average Bonchev–Trinajstić information content (AvgIpc) is 3.32. The minimum absolute atomic E-state index is 0.0346. The summed E-state index contributed by atoms with van der Waals surface area (Å²) >= 11 is 1.26. The van der Waals surface area contributed by atoms with Gasteiger partial charge in [0, 0.05) is 6.04 Å². The van der Waals surface area contributed by atoms with Gasteiger partial charge >= 0.3 is 0 Å². The lowest BCUT2D eigenvalue weighted by Gasteiger charge is -2.20. The highest BCUT2D eigenvalue weighted by molar-refractivity contribution is 8.15. The maximum atomic E-state index is 13.3. The summed E-state index contributed by atoms with van der Waals surface area (Å²) in [6, 6.07) is 13.2. The number of nitrogens with one attached hydrogen (secondary N) is 1. The van der Waals surface area contributed by atoms with Crippen LogP contribution in [0.2, 0.25) is 0 Å². The van der Waals surface area contributed by atoms with E-state index in [0.717, 1.165) is 11.1 Å². The molecule has 0 radical (unpaired) electrons. The topological polar surface area (TPSA) is 80.2 Å². The minimum atomic E-state index is -0.415. The summed E-state index contributed by atoms with van der Waals surface area (Å²) in [7, 11) is 0. The second-order valence-corrected chi connectivity index (χ2v) is 9.24. The van der Waals surface area contributed by atoms with E-state index in [-0.39, 0.29) is 24.6 Å². The first-order chi connectivity index (χ1) is 15.3. The molecule has 0 fully saturated rings.